The van der Waals surface area contributed by atoms with Crippen molar-refractivity contribution in [2.24, 2.45) is 0 Å². The van der Waals surface area contributed by atoms with Crippen LogP contribution in [0, 0.1) is 10.1 Å². The monoisotopic (exact) mass is 272 g/mol. The molecule has 0 saturated heterocycles. The summed E-state index contributed by atoms with van der Waals surface area (Å²) >= 11 is 0. The molecule has 0 aliphatic heterocycles. The molecule has 0 bridgehead atoms. The van der Waals surface area contributed by atoms with Crippen molar-refractivity contribution < 1.29 is 14.5 Å². The first-order valence-corrected chi connectivity index (χ1v) is 5.81. The van der Waals surface area contributed by atoms with Crippen LogP contribution in [-0.4, -0.2) is 10.7 Å². The number of Topliss-reactive ketones (excluding diaryl/α,β-unsaturated/α-hetero) is 1. The highest BCUT2D eigenvalue weighted by Crippen LogP contribution is 2.34. The smallest absolute Gasteiger partial charge is 0.311 e. The first-order chi connectivity index (χ1) is 9.50. The van der Waals surface area contributed by atoms with Gasteiger partial charge in [0.15, 0.2) is 11.5 Å². The number of carbonyl (C=O) groups excluding carboxylic acids is 1. The Bertz CT molecular complexity index is 683. The highest BCUT2D eigenvalue weighted by molar-refractivity contribution is 6.00. The minimum Gasteiger partial charge on any atom is -0.448 e. The zero-order valence-electron chi connectivity index (χ0n) is 10.7. The minimum atomic E-state index is -0.541. The first kappa shape index (κ1) is 13.5. The van der Waals surface area contributed by atoms with Crippen molar-refractivity contribution in [3.63, 3.8) is 0 Å². The van der Waals surface area contributed by atoms with E-state index in [-0.39, 0.29) is 28.7 Å². The second kappa shape index (κ2) is 5.40. The number of nitro benzene ring substituents is 1. The predicted molar refractivity (Wildman–Crippen MR) is 74.0 cm³/mol. The molecule has 0 fully saturated rings. The Morgan fingerprint density at radius 1 is 1.15 bits per heavy atom. The van der Waals surface area contributed by atoms with Crippen molar-refractivity contribution in [2.75, 3.05) is 5.73 Å². The fourth-order valence-electron chi connectivity index (χ4n) is 1.75. The van der Waals surface area contributed by atoms with Gasteiger partial charge in [0.2, 0.25) is 5.75 Å². The van der Waals surface area contributed by atoms with Gasteiger partial charge in [-0.1, -0.05) is 18.2 Å². The quantitative estimate of drug-likeness (QED) is 0.399. The average molecular weight is 272 g/mol. The Morgan fingerprint density at radius 2 is 1.80 bits per heavy atom. The number of ether oxygens (including phenoxy) is 1. The molecular weight excluding hydrogens is 260 g/mol. The lowest BCUT2D eigenvalue weighted by atomic mass is 10.1. The molecule has 102 valence electrons. The molecule has 2 N–H and O–H groups in total. The standard InChI is InChI=1S/C14H12N2O4/c1-9(17)10-5-4-8-13(14(10)15)20-12-7-3-2-6-11(12)16(18)19/h2-8H,15H2,1H3. The number of rotatable bonds is 4. The SMILES string of the molecule is CC(=O)c1cccc(Oc2ccccc2[N+](=O)[O-])c1N. The van der Waals surface area contributed by atoms with Gasteiger partial charge in [0.05, 0.1) is 10.6 Å². The van der Waals surface area contributed by atoms with Gasteiger partial charge in [-0.25, -0.2) is 0 Å². The van der Waals surface area contributed by atoms with Gasteiger partial charge < -0.3 is 10.5 Å². The van der Waals surface area contributed by atoms with Gasteiger partial charge in [-0.05, 0) is 25.1 Å². The summed E-state index contributed by atoms with van der Waals surface area (Å²) in [6, 6.07) is 10.7. The summed E-state index contributed by atoms with van der Waals surface area (Å²) in [4.78, 5) is 21.8. The number of benzene rings is 2. The maximum Gasteiger partial charge on any atom is 0.311 e. The number of hydrogen-bond donors (Lipinski definition) is 1. The number of para-hydroxylation sites is 3. The molecule has 6 nitrogen and oxygen atoms in total. The Kier molecular flexibility index (Phi) is 3.65. The number of nitrogens with zero attached hydrogens (tertiary/aromatic N) is 1. The Hall–Kier alpha value is -2.89. The number of carbonyl (C=O) groups is 1. The largest absolute Gasteiger partial charge is 0.448 e. The van der Waals surface area contributed by atoms with E-state index in [4.69, 9.17) is 10.5 Å². The first-order valence-electron chi connectivity index (χ1n) is 5.81. The van der Waals surface area contributed by atoms with Crippen LogP contribution in [0.1, 0.15) is 17.3 Å². The molecule has 2 aromatic carbocycles. The molecule has 0 atom stereocenters. The summed E-state index contributed by atoms with van der Waals surface area (Å²) in [5.74, 6) is 0.0902. The van der Waals surface area contributed by atoms with Crippen LogP contribution in [0.5, 0.6) is 11.5 Å². The summed E-state index contributed by atoms with van der Waals surface area (Å²) in [6.45, 7) is 1.39. The van der Waals surface area contributed by atoms with Crippen LogP contribution in [0.2, 0.25) is 0 Å². The summed E-state index contributed by atoms with van der Waals surface area (Å²) in [5.41, 5.74) is 6.16. The molecule has 0 radical (unpaired) electrons. The number of nitro groups is 1. The second-order valence-corrected chi connectivity index (χ2v) is 4.10. The third-order valence-corrected chi connectivity index (χ3v) is 2.73. The summed E-state index contributed by atoms with van der Waals surface area (Å²) in [7, 11) is 0. The molecule has 2 rings (SSSR count). The van der Waals surface area contributed by atoms with E-state index in [0.717, 1.165) is 0 Å². The number of hydrogen-bond acceptors (Lipinski definition) is 5. The van der Waals surface area contributed by atoms with Gasteiger partial charge in [-0.3, -0.25) is 14.9 Å². The molecule has 6 heteroatoms. The van der Waals surface area contributed by atoms with Crippen molar-refractivity contribution in [3.8, 4) is 11.5 Å². The van der Waals surface area contributed by atoms with Crippen LogP contribution in [-0.2, 0) is 0 Å². The number of ketones is 1. The minimum absolute atomic E-state index is 0.0740. The van der Waals surface area contributed by atoms with Crippen molar-refractivity contribution in [2.45, 2.75) is 6.92 Å². The van der Waals surface area contributed by atoms with Gasteiger partial charge in [0.1, 0.15) is 0 Å². The Morgan fingerprint density at radius 3 is 2.45 bits per heavy atom. The van der Waals surface area contributed by atoms with E-state index in [1.165, 1.54) is 19.1 Å². The lowest BCUT2D eigenvalue weighted by molar-refractivity contribution is -0.385. The lowest BCUT2D eigenvalue weighted by Gasteiger charge is -2.10. The Balaban J connectivity index is 2.43. The lowest BCUT2D eigenvalue weighted by Crippen LogP contribution is -2.02. The third kappa shape index (κ3) is 2.59. The molecule has 0 amide bonds. The fourth-order valence-corrected chi connectivity index (χ4v) is 1.75. The van der Waals surface area contributed by atoms with Crippen LogP contribution in [0.25, 0.3) is 0 Å². The maximum absolute atomic E-state index is 11.4. The normalized spacial score (nSPS) is 10.1. The van der Waals surface area contributed by atoms with E-state index in [0.29, 0.717) is 5.56 Å². The highest BCUT2D eigenvalue weighted by Gasteiger charge is 2.17. The van der Waals surface area contributed by atoms with Crippen LogP contribution in [0.4, 0.5) is 11.4 Å². The molecule has 0 saturated carbocycles. The topological polar surface area (TPSA) is 95.5 Å². The van der Waals surface area contributed by atoms with Crippen molar-refractivity contribution in [1.82, 2.24) is 0 Å². The molecule has 0 aliphatic rings. The molecule has 2 aromatic rings. The van der Waals surface area contributed by atoms with Gasteiger partial charge in [0.25, 0.3) is 0 Å². The van der Waals surface area contributed by atoms with E-state index < -0.39 is 4.92 Å². The molecule has 20 heavy (non-hydrogen) atoms. The third-order valence-electron chi connectivity index (χ3n) is 2.73. The summed E-state index contributed by atoms with van der Waals surface area (Å²) < 4.78 is 5.47. The molecule has 0 spiro atoms. The molecule has 0 aromatic heterocycles. The molecule has 0 heterocycles. The maximum atomic E-state index is 11.4. The van der Waals surface area contributed by atoms with Gasteiger partial charge in [-0.2, -0.15) is 0 Å². The van der Waals surface area contributed by atoms with E-state index in [1.807, 2.05) is 0 Å². The van der Waals surface area contributed by atoms with Crippen LogP contribution in [0.15, 0.2) is 42.5 Å². The zero-order chi connectivity index (χ0) is 14.7. The van der Waals surface area contributed by atoms with Gasteiger partial charge in [-0.15, -0.1) is 0 Å². The van der Waals surface area contributed by atoms with Crippen molar-refractivity contribution in [1.29, 1.82) is 0 Å². The fraction of sp³-hybridized carbons (Fsp3) is 0.0714. The van der Waals surface area contributed by atoms with E-state index in [1.54, 1.807) is 30.3 Å². The van der Waals surface area contributed by atoms with E-state index in [9.17, 15) is 14.9 Å². The van der Waals surface area contributed by atoms with Crippen LogP contribution >= 0.6 is 0 Å². The number of nitrogen functional groups attached to an aromatic ring is 1. The molecule has 0 unspecified atom stereocenters. The predicted octanol–water partition coefficient (Wildman–Crippen LogP) is 3.17. The summed E-state index contributed by atoms with van der Waals surface area (Å²) in [5, 5.41) is 10.9. The van der Waals surface area contributed by atoms with Crippen LogP contribution < -0.4 is 10.5 Å². The number of nitrogens with two attached hydrogens (primary N) is 1. The zero-order valence-corrected chi connectivity index (χ0v) is 10.7. The van der Waals surface area contributed by atoms with E-state index >= 15 is 0 Å². The summed E-state index contributed by atoms with van der Waals surface area (Å²) in [6.07, 6.45) is 0. The van der Waals surface area contributed by atoms with E-state index in [2.05, 4.69) is 0 Å². The second-order valence-electron chi connectivity index (χ2n) is 4.10. The van der Waals surface area contributed by atoms with Crippen molar-refractivity contribution in [3.05, 3.63) is 58.1 Å². The molecular formula is C14H12N2O4. The highest BCUT2D eigenvalue weighted by atomic mass is 16.6. The van der Waals surface area contributed by atoms with Gasteiger partial charge in [0, 0.05) is 11.6 Å². The number of anilines is 1. The average Bonchev–Trinajstić information content (AvgIpc) is 2.41. The van der Waals surface area contributed by atoms with Crippen LogP contribution in [0.3, 0.4) is 0 Å². The van der Waals surface area contributed by atoms with Crippen molar-refractivity contribution >= 4 is 17.2 Å². The Labute approximate surface area is 114 Å². The molecule has 0 aliphatic carbocycles. The van der Waals surface area contributed by atoms with Gasteiger partial charge >= 0.3 is 5.69 Å².